The van der Waals surface area contributed by atoms with E-state index in [9.17, 15) is 4.79 Å². The van der Waals surface area contributed by atoms with Gasteiger partial charge in [0.1, 0.15) is 4.60 Å². The lowest BCUT2D eigenvalue weighted by molar-refractivity contribution is 0.0951. The highest BCUT2D eigenvalue weighted by Crippen LogP contribution is 2.12. The van der Waals surface area contributed by atoms with Gasteiger partial charge in [-0.25, -0.2) is 9.97 Å². The number of halogens is 1. The van der Waals surface area contributed by atoms with Gasteiger partial charge in [-0.3, -0.25) is 4.79 Å². The normalized spacial score (nSPS) is 10.2. The first-order chi connectivity index (χ1) is 8.16. The van der Waals surface area contributed by atoms with Crippen LogP contribution < -0.4 is 5.32 Å². The van der Waals surface area contributed by atoms with Gasteiger partial charge in [-0.05, 0) is 35.0 Å². The summed E-state index contributed by atoms with van der Waals surface area (Å²) in [5.41, 5.74) is 3.29. The molecular formula is C11H10BrN3OS. The van der Waals surface area contributed by atoms with Crippen molar-refractivity contribution in [2.75, 3.05) is 0 Å². The van der Waals surface area contributed by atoms with E-state index >= 15 is 0 Å². The van der Waals surface area contributed by atoms with Gasteiger partial charge in [-0.2, -0.15) is 0 Å². The molecule has 2 aromatic heterocycles. The Labute approximate surface area is 111 Å². The molecule has 4 nitrogen and oxygen atoms in total. The molecule has 1 amide bonds. The summed E-state index contributed by atoms with van der Waals surface area (Å²) in [6, 6.07) is 3.47. The molecule has 17 heavy (non-hydrogen) atoms. The first-order valence-electron chi connectivity index (χ1n) is 4.95. The van der Waals surface area contributed by atoms with Crippen molar-refractivity contribution in [2.24, 2.45) is 0 Å². The Kier molecular flexibility index (Phi) is 3.86. The zero-order valence-electron chi connectivity index (χ0n) is 9.11. The van der Waals surface area contributed by atoms with E-state index in [1.54, 1.807) is 35.2 Å². The average molecular weight is 312 g/mol. The molecule has 6 heteroatoms. The third kappa shape index (κ3) is 3.10. The molecule has 0 fully saturated rings. The number of hydrogen-bond acceptors (Lipinski definition) is 4. The number of nitrogens with one attached hydrogen (secondary N) is 1. The van der Waals surface area contributed by atoms with Gasteiger partial charge in [-0.1, -0.05) is 0 Å². The molecule has 0 radical (unpaired) electrons. The maximum atomic E-state index is 11.8. The van der Waals surface area contributed by atoms with Crippen molar-refractivity contribution in [3.05, 3.63) is 44.6 Å². The van der Waals surface area contributed by atoms with E-state index in [0.717, 1.165) is 10.6 Å². The minimum absolute atomic E-state index is 0.127. The van der Waals surface area contributed by atoms with E-state index in [-0.39, 0.29) is 5.91 Å². The van der Waals surface area contributed by atoms with E-state index in [4.69, 9.17) is 0 Å². The van der Waals surface area contributed by atoms with Crippen LogP contribution in [0.25, 0.3) is 0 Å². The average Bonchev–Trinajstić information content (AvgIpc) is 2.73. The smallest absolute Gasteiger partial charge is 0.253 e. The van der Waals surface area contributed by atoms with Gasteiger partial charge in [0.05, 0.1) is 23.3 Å². The van der Waals surface area contributed by atoms with Crippen LogP contribution >= 0.6 is 27.3 Å². The minimum atomic E-state index is -0.127. The Morgan fingerprint density at radius 1 is 1.47 bits per heavy atom. The summed E-state index contributed by atoms with van der Waals surface area (Å²) in [7, 11) is 0. The molecule has 0 bridgehead atoms. The topological polar surface area (TPSA) is 54.9 Å². The maximum absolute atomic E-state index is 11.8. The van der Waals surface area contributed by atoms with Crippen molar-refractivity contribution in [2.45, 2.75) is 13.5 Å². The van der Waals surface area contributed by atoms with Crippen LogP contribution in [0.3, 0.4) is 0 Å². The lowest BCUT2D eigenvalue weighted by Gasteiger charge is -2.03. The lowest BCUT2D eigenvalue weighted by Crippen LogP contribution is -2.22. The van der Waals surface area contributed by atoms with Gasteiger partial charge < -0.3 is 5.32 Å². The summed E-state index contributed by atoms with van der Waals surface area (Å²) in [5.74, 6) is -0.127. The van der Waals surface area contributed by atoms with Crippen molar-refractivity contribution in [1.82, 2.24) is 15.3 Å². The van der Waals surface area contributed by atoms with Crippen LogP contribution in [0.15, 0.2) is 28.4 Å². The van der Waals surface area contributed by atoms with Crippen molar-refractivity contribution in [3.8, 4) is 0 Å². The van der Waals surface area contributed by atoms with Crippen molar-refractivity contribution in [3.63, 3.8) is 0 Å². The first-order valence-corrected chi connectivity index (χ1v) is 6.63. The highest BCUT2D eigenvalue weighted by atomic mass is 79.9. The predicted molar refractivity (Wildman–Crippen MR) is 70.0 cm³/mol. The molecule has 0 aliphatic carbocycles. The SMILES string of the molecule is Cc1ncsc1CNC(=O)c1ccc(Br)nc1. The Bertz CT molecular complexity index is 524. The molecule has 2 aromatic rings. The van der Waals surface area contributed by atoms with Crippen molar-refractivity contribution >= 4 is 33.2 Å². The maximum Gasteiger partial charge on any atom is 0.253 e. The number of carbonyl (C=O) groups is 1. The zero-order chi connectivity index (χ0) is 12.3. The van der Waals surface area contributed by atoms with Crippen LogP contribution in [0.4, 0.5) is 0 Å². The number of thiazole rings is 1. The molecule has 0 saturated heterocycles. The fourth-order valence-corrected chi connectivity index (χ4v) is 2.22. The Morgan fingerprint density at radius 2 is 2.29 bits per heavy atom. The van der Waals surface area contributed by atoms with Gasteiger partial charge in [0.15, 0.2) is 0 Å². The summed E-state index contributed by atoms with van der Waals surface area (Å²) in [5, 5.41) is 2.84. The predicted octanol–water partition coefficient (Wildman–Crippen LogP) is 2.54. The van der Waals surface area contributed by atoms with Gasteiger partial charge in [0.2, 0.25) is 0 Å². The van der Waals surface area contributed by atoms with Crippen LogP contribution in [0.1, 0.15) is 20.9 Å². The molecule has 2 rings (SSSR count). The van der Waals surface area contributed by atoms with Crippen LogP contribution in [0.5, 0.6) is 0 Å². The van der Waals surface area contributed by atoms with Crippen molar-refractivity contribution < 1.29 is 4.79 Å². The van der Waals surface area contributed by atoms with Crippen molar-refractivity contribution in [1.29, 1.82) is 0 Å². The largest absolute Gasteiger partial charge is 0.347 e. The molecule has 88 valence electrons. The molecule has 0 spiro atoms. The Morgan fingerprint density at radius 3 is 2.88 bits per heavy atom. The summed E-state index contributed by atoms with van der Waals surface area (Å²) >= 11 is 4.77. The number of nitrogens with zero attached hydrogens (tertiary/aromatic N) is 2. The quantitative estimate of drug-likeness (QED) is 0.886. The van der Waals surface area contributed by atoms with E-state index in [1.807, 2.05) is 6.92 Å². The van der Waals surface area contributed by atoms with Gasteiger partial charge in [-0.15, -0.1) is 11.3 Å². The number of amides is 1. The number of aryl methyl sites for hydroxylation is 1. The second-order valence-electron chi connectivity index (χ2n) is 3.41. The molecule has 0 aromatic carbocycles. The molecule has 0 unspecified atom stereocenters. The van der Waals surface area contributed by atoms with E-state index < -0.39 is 0 Å². The van der Waals surface area contributed by atoms with Crippen LogP contribution in [-0.2, 0) is 6.54 Å². The minimum Gasteiger partial charge on any atom is -0.347 e. The van der Waals surface area contributed by atoms with Gasteiger partial charge >= 0.3 is 0 Å². The highest BCUT2D eigenvalue weighted by Gasteiger charge is 2.07. The standard InChI is InChI=1S/C11H10BrN3OS/c1-7-9(17-6-15-7)5-14-11(16)8-2-3-10(12)13-4-8/h2-4,6H,5H2,1H3,(H,14,16). The van der Waals surface area contributed by atoms with Gasteiger partial charge in [0.25, 0.3) is 5.91 Å². The Balaban J connectivity index is 1.98. The number of carbonyl (C=O) groups excluding carboxylic acids is 1. The fourth-order valence-electron chi connectivity index (χ4n) is 1.27. The fraction of sp³-hybridized carbons (Fsp3) is 0.182. The summed E-state index contributed by atoms with van der Waals surface area (Å²) in [6.45, 7) is 2.44. The monoisotopic (exact) mass is 311 g/mol. The molecular weight excluding hydrogens is 302 g/mol. The van der Waals surface area contributed by atoms with Gasteiger partial charge in [0, 0.05) is 11.1 Å². The van der Waals surface area contributed by atoms with Crippen LogP contribution in [0, 0.1) is 6.92 Å². The number of rotatable bonds is 3. The third-order valence-corrected chi connectivity index (χ3v) is 3.65. The summed E-state index contributed by atoms with van der Waals surface area (Å²) < 4.78 is 0.715. The number of aromatic nitrogens is 2. The van der Waals surface area contributed by atoms with Crippen LogP contribution in [0.2, 0.25) is 0 Å². The molecule has 0 aliphatic rings. The summed E-state index contributed by atoms with van der Waals surface area (Å²) in [6.07, 6.45) is 1.54. The second kappa shape index (κ2) is 5.37. The third-order valence-electron chi connectivity index (χ3n) is 2.24. The highest BCUT2D eigenvalue weighted by molar-refractivity contribution is 9.10. The lowest BCUT2D eigenvalue weighted by atomic mass is 10.2. The van der Waals surface area contributed by atoms with Crippen LogP contribution in [-0.4, -0.2) is 15.9 Å². The molecule has 2 heterocycles. The molecule has 0 aliphatic heterocycles. The van der Waals surface area contributed by atoms with E-state index in [2.05, 4.69) is 31.2 Å². The molecule has 1 N–H and O–H groups in total. The van der Waals surface area contributed by atoms with E-state index in [1.165, 1.54) is 0 Å². The van der Waals surface area contributed by atoms with E-state index in [0.29, 0.717) is 16.7 Å². The molecule has 0 atom stereocenters. The summed E-state index contributed by atoms with van der Waals surface area (Å²) in [4.78, 5) is 21.0. The second-order valence-corrected chi connectivity index (χ2v) is 5.17. The first kappa shape index (κ1) is 12.2. The number of pyridine rings is 1. The number of hydrogen-bond donors (Lipinski definition) is 1. The zero-order valence-corrected chi connectivity index (χ0v) is 11.5. The Hall–Kier alpha value is -1.27. The molecule has 0 saturated carbocycles.